The summed E-state index contributed by atoms with van der Waals surface area (Å²) in [7, 11) is 0. The third-order valence-electron chi connectivity index (χ3n) is 4.27. The van der Waals surface area contributed by atoms with E-state index < -0.39 is 18.2 Å². The molecular formula is C14H18N2O6S2. The summed E-state index contributed by atoms with van der Waals surface area (Å²) < 4.78 is 5.46. The van der Waals surface area contributed by atoms with Gasteiger partial charge >= 0.3 is 6.16 Å². The second kappa shape index (κ2) is 6.49. The highest BCUT2D eigenvalue weighted by Gasteiger charge is 2.58. The van der Waals surface area contributed by atoms with E-state index in [0.717, 1.165) is 6.42 Å². The molecule has 132 valence electrons. The molecule has 0 aliphatic carbocycles. The monoisotopic (exact) mass is 374 g/mol. The first-order valence-corrected chi connectivity index (χ1v) is 9.30. The molecule has 3 unspecified atom stereocenters. The van der Waals surface area contributed by atoms with E-state index in [4.69, 9.17) is 9.84 Å². The third-order valence-corrected chi connectivity index (χ3v) is 7.09. The number of carboxylic acid groups (broad SMARTS) is 1. The Morgan fingerprint density at radius 1 is 1.46 bits per heavy atom. The Morgan fingerprint density at radius 3 is 2.71 bits per heavy atom. The number of likely N-dealkylation sites (tertiary alicyclic amines) is 1. The minimum absolute atomic E-state index is 0.0151. The zero-order chi connectivity index (χ0) is 17.6. The number of fused-ring (bicyclic) bond motifs is 1. The normalized spacial score (nSPS) is 30.3. The lowest BCUT2D eigenvalue weighted by Gasteiger charge is -2.43. The first kappa shape index (κ1) is 17.4. The summed E-state index contributed by atoms with van der Waals surface area (Å²) in [5, 5.41) is 18.5. The Morgan fingerprint density at radius 2 is 2.17 bits per heavy atom. The van der Waals surface area contributed by atoms with Crippen molar-refractivity contribution in [3.8, 4) is 0 Å². The second-order valence-corrected chi connectivity index (χ2v) is 8.63. The van der Waals surface area contributed by atoms with Gasteiger partial charge in [-0.15, -0.1) is 11.8 Å². The number of ether oxygens (including phenoxy) is 1. The van der Waals surface area contributed by atoms with Gasteiger partial charge in [0.15, 0.2) is 0 Å². The molecule has 0 bridgehead atoms. The predicted octanol–water partition coefficient (Wildman–Crippen LogP) is 1.07. The molecule has 0 aromatic heterocycles. The third kappa shape index (κ3) is 2.98. The summed E-state index contributed by atoms with van der Waals surface area (Å²) in [6.45, 7) is 4.32. The molecule has 3 heterocycles. The molecule has 2 saturated heterocycles. The molecule has 0 saturated carbocycles. The van der Waals surface area contributed by atoms with E-state index in [1.165, 1.54) is 35.3 Å². The molecule has 8 nitrogen and oxygen atoms in total. The molecule has 0 radical (unpaired) electrons. The van der Waals surface area contributed by atoms with Crippen molar-refractivity contribution in [1.82, 2.24) is 9.80 Å². The number of carbonyl (C=O) groups excluding carboxylic acids is 2. The van der Waals surface area contributed by atoms with Gasteiger partial charge in [-0.05, 0) is 13.3 Å². The number of rotatable bonds is 4. The lowest BCUT2D eigenvalue weighted by molar-refractivity contribution is -0.155. The topological polar surface area (TPSA) is 107 Å². The summed E-state index contributed by atoms with van der Waals surface area (Å²) >= 11 is 2.78. The minimum Gasteiger partial charge on any atom is -0.449 e. The maximum absolute atomic E-state index is 12.2. The molecule has 3 aliphatic heterocycles. The number of hydrogen-bond acceptors (Lipinski definition) is 7. The molecule has 3 aliphatic rings. The first-order valence-electron chi connectivity index (χ1n) is 7.54. The number of β-lactam (4-membered cyclic amide) rings is 1. The standard InChI is InChI=1S/C14H18N2O6S2/c1-6(17)9-10(19)16-11(22-14(20)21)13(24-12(9)16)23-8-3-4-15(5-8)7(2)18/h6,8-9,12,17H,3-5H2,1-2H3,(H,20,21)/t6?,8?,9?,12-/m0/s1. The number of aliphatic hydroxyl groups is 1. The van der Waals surface area contributed by atoms with E-state index in [9.17, 15) is 19.5 Å². The van der Waals surface area contributed by atoms with Crippen LogP contribution in [-0.4, -0.2) is 67.8 Å². The smallest absolute Gasteiger partial charge is 0.449 e. The van der Waals surface area contributed by atoms with Crippen LogP contribution in [-0.2, 0) is 14.3 Å². The summed E-state index contributed by atoms with van der Waals surface area (Å²) in [5.41, 5.74) is 0. The highest BCUT2D eigenvalue weighted by atomic mass is 32.2. The SMILES string of the molecule is CC(=O)N1CCC(SC2=C(OC(=O)O)N3C(=O)C(C(C)O)[C@@H]3S2)C1. The van der Waals surface area contributed by atoms with E-state index >= 15 is 0 Å². The molecule has 10 heteroatoms. The first-order chi connectivity index (χ1) is 11.3. The fourth-order valence-electron chi connectivity index (χ4n) is 3.04. The van der Waals surface area contributed by atoms with Crippen LogP contribution in [0.2, 0.25) is 0 Å². The molecule has 0 spiro atoms. The van der Waals surface area contributed by atoms with Crippen molar-refractivity contribution in [2.45, 2.75) is 37.0 Å². The van der Waals surface area contributed by atoms with E-state index in [0.29, 0.717) is 17.3 Å². The second-order valence-electron chi connectivity index (χ2n) is 5.94. The van der Waals surface area contributed by atoms with Gasteiger partial charge < -0.3 is 19.8 Å². The van der Waals surface area contributed by atoms with Gasteiger partial charge in [-0.25, -0.2) is 4.79 Å². The van der Waals surface area contributed by atoms with Crippen LogP contribution in [0.3, 0.4) is 0 Å². The summed E-state index contributed by atoms with van der Waals surface area (Å²) in [4.78, 5) is 37.6. The highest BCUT2D eigenvalue weighted by Crippen LogP contribution is 2.55. The number of thioether (sulfide) groups is 2. The molecule has 2 fully saturated rings. The Kier molecular flexibility index (Phi) is 4.71. The van der Waals surface area contributed by atoms with Gasteiger partial charge in [-0.2, -0.15) is 0 Å². The van der Waals surface area contributed by atoms with Crippen molar-refractivity contribution in [2.24, 2.45) is 5.92 Å². The lowest BCUT2D eigenvalue weighted by Crippen LogP contribution is -2.60. The average Bonchev–Trinajstić information content (AvgIpc) is 3.02. The minimum atomic E-state index is -1.48. The molecule has 2 N–H and O–H groups in total. The van der Waals surface area contributed by atoms with Crippen molar-refractivity contribution in [3.05, 3.63) is 10.1 Å². The fourth-order valence-corrected chi connectivity index (χ4v) is 6.25. The summed E-state index contributed by atoms with van der Waals surface area (Å²) in [6, 6.07) is 0. The molecule has 2 amide bonds. The summed E-state index contributed by atoms with van der Waals surface area (Å²) in [6.07, 6.45) is -1.48. The zero-order valence-electron chi connectivity index (χ0n) is 13.2. The van der Waals surface area contributed by atoms with Crippen LogP contribution in [0.1, 0.15) is 20.3 Å². The number of amides is 2. The molecule has 4 atom stereocenters. The van der Waals surface area contributed by atoms with Crippen molar-refractivity contribution < 1.29 is 29.3 Å². The molecule has 3 rings (SSSR count). The van der Waals surface area contributed by atoms with E-state index in [-0.39, 0.29) is 28.3 Å². The highest BCUT2D eigenvalue weighted by molar-refractivity contribution is 8.23. The molecule has 24 heavy (non-hydrogen) atoms. The van der Waals surface area contributed by atoms with Crippen molar-refractivity contribution in [1.29, 1.82) is 0 Å². The largest absolute Gasteiger partial charge is 0.512 e. The van der Waals surface area contributed by atoms with Gasteiger partial charge in [0, 0.05) is 25.3 Å². The van der Waals surface area contributed by atoms with E-state index in [2.05, 4.69) is 0 Å². The van der Waals surface area contributed by atoms with Gasteiger partial charge in [-0.3, -0.25) is 14.5 Å². The van der Waals surface area contributed by atoms with Crippen LogP contribution < -0.4 is 0 Å². The number of aliphatic hydroxyl groups excluding tert-OH is 1. The Bertz CT molecular complexity index is 622. The van der Waals surface area contributed by atoms with Crippen LogP contribution >= 0.6 is 23.5 Å². The van der Waals surface area contributed by atoms with Gasteiger partial charge in [0.05, 0.1) is 12.0 Å². The van der Waals surface area contributed by atoms with Crippen molar-refractivity contribution in [3.63, 3.8) is 0 Å². The van der Waals surface area contributed by atoms with Gasteiger partial charge in [0.25, 0.3) is 0 Å². The molecular weight excluding hydrogens is 356 g/mol. The summed E-state index contributed by atoms with van der Waals surface area (Å²) in [5.74, 6) is -0.837. The van der Waals surface area contributed by atoms with Crippen LogP contribution in [0, 0.1) is 5.92 Å². The number of carbonyl (C=O) groups is 3. The Hall–Kier alpha value is -1.39. The quantitative estimate of drug-likeness (QED) is 0.556. The molecule has 0 aromatic carbocycles. The van der Waals surface area contributed by atoms with Gasteiger partial charge in [0.2, 0.25) is 17.7 Å². The van der Waals surface area contributed by atoms with E-state index in [1.54, 1.807) is 11.8 Å². The fraction of sp³-hybridized carbons (Fsp3) is 0.643. The van der Waals surface area contributed by atoms with Crippen LogP contribution in [0.15, 0.2) is 10.1 Å². The van der Waals surface area contributed by atoms with Crippen LogP contribution in [0.25, 0.3) is 0 Å². The van der Waals surface area contributed by atoms with Crippen molar-refractivity contribution in [2.75, 3.05) is 13.1 Å². The molecule has 0 aromatic rings. The van der Waals surface area contributed by atoms with E-state index in [1.807, 2.05) is 0 Å². The average molecular weight is 374 g/mol. The Labute approximate surface area is 147 Å². The van der Waals surface area contributed by atoms with Crippen LogP contribution in [0.4, 0.5) is 4.79 Å². The maximum atomic E-state index is 12.2. The lowest BCUT2D eigenvalue weighted by atomic mass is 9.93. The van der Waals surface area contributed by atoms with Crippen molar-refractivity contribution >= 4 is 41.5 Å². The van der Waals surface area contributed by atoms with Crippen LogP contribution in [0.5, 0.6) is 0 Å². The maximum Gasteiger partial charge on any atom is 0.512 e. The predicted molar refractivity (Wildman–Crippen MR) is 87.8 cm³/mol. The number of hydrogen-bond donors (Lipinski definition) is 2. The Balaban J connectivity index is 1.75. The van der Waals surface area contributed by atoms with Gasteiger partial charge in [-0.1, -0.05) is 11.8 Å². The number of nitrogens with zero attached hydrogens (tertiary/aromatic N) is 2. The van der Waals surface area contributed by atoms with Gasteiger partial charge in [0.1, 0.15) is 9.61 Å². The zero-order valence-corrected chi connectivity index (χ0v) is 14.8.